The van der Waals surface area contributed by atoms with Crippen LogP contribution in [0.1, 0.15) is 6.92 Å². The van der Waals surface area contributed by atoms with Crippen LogP contribution in [0, 0.1) is 0 Å². The van der Waals surface area contributed by atoms with E-state index in [-0.39, 0.29) is 95.6 Å². The Balaban J connectivity index is 0.800. The number of aromatic nitrogens is 8. The third kappa shape index (κ3) is 10.1. The lowest BCUT2D eigenvalue weighted by atomic mass is 10.1. The minimum absolute atomic E-state index is 0.00810. The number of hydrazone groups is 1. The van der Waals surface area contributed by atoms with E-state index in [1.165, 1.54) is 60.7 Å². The third-order valence-electron chi connectivity index (χ3n) is 14.0. The molecule has 1 unspecified atom stereocenters. The summed E-state index contributed by atoms with van der Waals surface area (Å²) in [6.45, 7) is 1.28. The van der Waals surface area contributed by atoms with Gasteiger partial charge in [0.2, 0.25) is 0 Å². The molecule has 0 fully saturated rings. The van der Waals surface area contributed by atoms with Gasteiger partial charge in [-0.1, -0.05) is 84.4 Å². The minimum atomic E-state index is -4.93. The summed E-state index contributed by atoms with van der Waals surface area (Å²) in [6, 6.07) is 36.7. The number of rotatable bonds is 13. The molecule has 30 heteroatoms. The van der Waals surface area contributed by atoms with E-state index in [0.717, 1.165) is 11.1 Å². The van der Waals surface area contributed by atoms with E-state index in [9.17, 15) is 47.6 Å². The highest BCUT2D eigenvalue weighted by Gasteiger charge is 2.36. The van der Waals surface area contributed by atoms with E-state index >= 15 is 0 Å². The van der Waals surface area contributed by atoms with Crippen molar-refractivity contribution in [2.75, 3.05) is 27.3 Å². The normalized spacial score (nSPS) is 14.4. The van der Waals surface area contributed by atoms with Gasteiger partial charge in [-0.25, -0.2) is 46.7 Å². The SMILES string of the molecule is CC1=NN(c2ccc(Cl)cc2)C(=O)C1N=Nc1ccc(NCCS(=O)(=O)c2ccc(NS(=O)(=O)c3cccc4c3-c3nc-4nc4[nH]c(nc5nc(nc6[nH]c(n3)c3cccc(S(=O)(=O)O)c63)-c3ccccc3-5)c3ccccc43)cc2)cc1S(=O)(=O)O. The Morgan fingerprint density at radius 2 is 1.13 bits per heavy atom. The van der Waals surface area contributed by atoms with Crippen molar-refractivity contribution in [1.82, 2.24) is 39.9 Å². The van der Waals surface area contributed by atoms with Crippen LogP contribution in [0.2, 0.25) is 5.02 Å². The predicted octanol–water partition coefficient (Wildman–Crippen LogP) is 9.58. The van der Waals surface area contributed by atoms with Crippen molar-refractivity contribution in [2.24, 2.45) is 15.3 Å². The largest absolute Gasteiger partial charge is 0.384 e. The van der Waals surface area contributed by atoms with Crippen LogP contribution in [0.5, 0.6) is 0 Å². The third-order valence-corrected chi connectivity index (χ3v) is 19.2. The summed E-state index contributed by atoms with van der Waals surface area (Å²) in [6.07, 6.45) is 0. The first-order valence-corrected chi connectivity index (χ1v) is 32.0. The van der Waals surface area contributed by atoms with Gasteiger partial charge in [-0.15, -0.1) is 0 Å². The predicted molar refractivity (Wildman–Crippen MR) is 320 cm³/mol. The Bertz CT molecular complexity index is 5300. The molecule has 7 aromatic carbocycles. The maximum absolute atomic E-state index is 14.7. The molecule has 0 saturated carbocycles. The standard InChI is InChI=1S/C56H39ClN14O11S4/c1-29-47(56(72)71(69-29)33-21-16-30(57)17-22-33)68-67-41-25-20-32(28-44(41)86(80,81)82)58-26-27-83(73,74)34-23-18-31(19-24-34)70-84(75,76)42-14-6-12-39-45(42)54-64-52(39)62-50-36-9-3-2-8-35(36)48(60-50)59-49-37-10-4-5-11-38(37)51(61-49)63-55-46-40(53(65-54)66-55)13-7-15-43(46)85(77,78)79/h2-25,28,47,58,70H,26-27H2,1H3,(H,77,78,79)(H,80,81,82)(H2,59,60,61,62,63,64,65,66). The maximum atomic E-state index is 14.7. The number of benzene rings is 7. The summed E-state index contributed by atoms with van der Waals surface area (Å²) in [5.74, 6) is -0.798. The van der Waals surface area contributed by atoms with E-state index in [1.54, 1.807) is 55.5 Å². The average Bonchev–Trinajstić information content (AvgIpc) is 1.70. The van der Waals surface area contributed by atoms with Gasteiger partial charge in [0.15, 0.2) is 39.2 Å². The van der Waals surface area contributed by atoms with E-state index in [2.05, 4.69) is 35.3 Å². The number of carbonyl (C=O) groups excluding carboxylic acids is 1. The second kappa shape index (κ2) is 20.8. The van der Waals surface area contributed by atoms with Crippen LogP contribution < -0.4 is 15.0 Å². The van der Waals surface area contributed by atoms with Crippen molar-refractivity contribution in [1.29, 1.82) is 0 Å². The minimum Gasteiger partial charge on any atom is -0.384 e. The quantitative estimate of drug-likeness (QED) is 0.0462. The van der Waals surface area contributed by atoms with Crippen molar-refractivity contribution < 1.29 is 47.6 Å². The fourth-order valence-corrected chi connectivity index (χ4v) is 14.0. The highest BCUT2D eigenvalue weighted by molar-refractivity contribution is 7.93. The van der Waals surface area contributed by atoms with Crippen LogP contribution in [-0.2, 0) is 44.9 Å². The van der Waals surface area contributed by atoms with Gasteiger partial charge in [-0.3, -0.25) is 18.6 Å². The highest BCUT2D eigenvalue weighted by Crippen LogP contribution is 2.41. The number of anilines is 3. The number of hydrogen-bond acceptors (Lipinski definition) is 19. The van der Waals surface area contributed by atoms with E-state index in [1.807, 2.05) is 36.4 Å². The molecule has 6 heterocycles. The van der Waals surface area contributed by atoms with Crippen molar-refractivity contribution in [3.63, 3.8) is 0 Å². The zero-order valence-corrected chi connectivity index (χ0v) is 48.0. The van der Waals surface area contributed by atoms with E-state index < -0.39 is 67.6 Å². The number of amides is 1. The van der Waals surface area contributed by atoms with Crippen molar-refractivity contribution >= 4 is 130 Å². The van der Waals surface area contributed by atoms with Gasteiger partial charge in [0.05, 0.1) is 32.5 Å². The molecule has 13 rings (SSSR count). The van der Waals surface area contributed by atoms with Crippen LogP contribution in [0.25, 0.3) is 89.7 Å². The van der Waals surface area contributed by atoms with Gasteiger partial charge in [0.1, 0.15) is 38.1 Å². The van der Waals surface area contributed by atoms with Crippen LogP contribution >= 0.6 is 11.6 Å². The molecule has 10 aromatic rings. The summed E-state index contributed by atoms with van der Waals surface area (Å²) in [4.78, 5) is 47.0. The maximum Gasteiger partial charge on any atom is 0.296 e. The summed E-state index contributed by atoms with van der Waals surface area (Å²) in [5, 5.41) is 18.0. The summed E-state index contributed by atoms with van der Waals surface area (Å²) < 4.78 is 131. The molecule has 0 spiro atoms. The number of hydrogen-bond donors (Lipinski definition) is 6. The van der Waals surface area contributed by atoms with Crippen LogP contribution in [0.15, 0.2) is 187 Å². The van der Waals surface area contributed by atoms with Gasteiger partial charge < -0.3 is 15.3 Å². The van der Waals surface area contributed by atoms with Gasteiger partial charge in [0.25, 0.3) is 36.2 Å². The van der Waals surface area contributed by atoms with Crippen molar-refractivity contribution in [3.8, 4) is 45.6 Å². The first kappa shape index (κ1) is 55.4. The molecule has 430 valence electrons. The summed E-state index contributed by atoms with van der Waals surface area (Å²) in [7, 11) is -18.5. The second-order valence-corrected chi connectivity index (χ2v) is 26.5. The number of aromatic amines is 2. The fraction of sp³-hybridized carbons (Fsp3) is 0.0714. The molecule has 25 nitrogen and oxygen atoms in total. The van der Waals surface area contributed by atoms with Gasteiger partial charge in [-0.2, -0.15) is 37.2 Å². The molecular weight excluding hydrogens is 1210 g/mol. The Labute approximate surface area is 492 Å². The fourth-order valence-electron chi connectivity index (χ4n) is 10.0. The number of sulfonamides is 1. The molecule has 6 N–H and O–H groups in total. The van der Waals surface area contributed by atoms with Gasteiger partial charge in [-0.05, 0) is 85.8 Å². The molecule has 86 heavy (non-hydrogen) atoms. The zero-order chi connectivity index (χ0) is 60.0. The number of sulfone groups is 1. The lowest BCUT2D eigenvalue weighted by Gasteiger charge is -2.13. The Morgan fingerprint density at radius 3 is 1.80 bits per heavy atom. The first-order valence-electron chi connectivity index (χ1n) is 25.6. The smallest absolute Gasteiger partial charge is 0.296 e. The molecule has 3 aromatic heterocycles. The first-order chi connectivity index (χ1) is 41.1. The van der Waals surface area contributed by atoms with E-state index in [0.29, 0.717) is 43.9 Å². The van der Waals surface area contributed by atoms with Gasteiger partial charge in [0, 0.05) is 61.2 Å². The number of H-pyrrole nitrogens is 2. The topological polar surface area (TPSA) is 367 Å². The molecular formula is C56H39ClN14O11S4. The Hall–Kier alpha value is -9.75. The monoisotopic (exact) mass is 1250 g/mol. The van der Waals surface area contributed by atoms with Crippen molar-refractivity contribution in [3.05, 3.63) is 157 Å². The number of nitrogens with zero attached hydrogens (tertiary/aromatic N) is 10. The number of halogens is 1. The number of nitrogens with one attached hydrogen (secondary N) is 4. The second-order valence-electron chi connectivity index (χ2n) is 19.6. The molecule has 3 aliphatic rings. The molecule has 3 aliphatic heterocycles. The Morgan fingerprint density at radius 1 is 0.581 bits per heavy atom. The number of fused-ring (bicyclic) bond motifs is 20. The van der Waals surface area contributed by atoms with Crippen LogP contribution in [-0.4, -0.2) is 113 Å². The average molecular weight is 1250 g/mol. The molecule has 1 amide bonds. The zero-order valence-electron chi connectivity index (χ0n) is 44.0. The number of azo groups is 1. The summed E-state index contributed by atoms with van der Waals surface area (Å²) >= 11 is 5.98. The lowest BCUT2D eigenvalue weighted by molar-refractivity contribution is -0.117. The molecule has 8 bridgehead atoms. The summed E-state index contributed by atoms with van der Waals surface area (Å²) in [5.41, 5.74) is 2.45. The lowest BCUT2D eigenvalue weighted by Crippen LogP contribution is -2.29. The number of carbonyl (C=O) groups is 1. The van der Waals surface area contributed by atoms with E-state index in [4.69, 9.17) is 41.5 Å². The van der Waals surface area contributed by atoms with Crippen LogP contribution in [0.4, 0.5) is 22.7 Å². The van der Waals surface area contributed by atoms with Crippen molar-refractivity contribution in [2.45, 2.75) is 32.5 Å². The molecule has 0 saturated heterocycles. The Kier molecular flexibility index (Phi) is 13.4. The molecule has 1 atom stereocenters. The molecule has 0 aliphatic carbocycles. The van der Waals surface area contributed by atoms with Gasteiger partial charge >= 0.3 is 0 Å². The highest BCUT2D eigenvalue weighted by atomic mass is 35.5. The van der Waals surface area contributed by atoms with Crippen LogP contribution in [0.3, 0.4) is 0 Å². The molecule has 0 radical (unpaired) electrons.